The molecule has 0 radical (unpaired) electrons. The van der Waals surface area contributed by atoms with Gasteiger partial charge in [-0.1, -0.05) is 0 Å². The minimum atomic E-state index is 0.456. The summed E-state index contributed by atoms with van der Waals surface area (Å²) in [6.07, 6.45) is 4.25. The van der Waals surface area contributed by atoms with Gasteiger partial charge in [-0.05, 0) is 43.5 Å². The Morgan fingerprint density at radius 1 is 1.00 bits per heavy atom. The summed E-state index contributed by atoms with van der Waals surface area (Å²) in [5.41, 5.74) is 2.39. The van der Waals surface area contributed by atoms with Crippen LogP contribution in [0.25, 0.3) is 16.3 Å². The van der Waals surface area contributed by atoms with Gasteiger partial charge in [0, 0.05) is 35.3 Å². The van der Waals surface area contributed by atoms with Crippen molar-refractivity contribution in [2.75, 3.05) is 5.32 Å². The smallest absolute Gasteiger partial charge is 0.211 e. The van der Waals surface area contributed by atoms with Crippen LogP contribution in [-0.4, -0.2) is 6.04 Å². The van der Waals surface area contributed by atoms with Gasteiger partial charge >= 0.3 is 0 Å². The number of nitrogens with one attached hydrogen (secondary N) is 1. The van der Waals surface area contributed by atoms with Crippen molar-refractivity contribution in [3.63, 3.8) is 0 Å². The average Bonchev–Trinajstić information content (AvgIpc) is 2.35. The van der Waals surface area contributed by atoms with Crippen LogP contribution in [0, 0.1) is 0 Å². The van der Waals surface area contributed by atoms with Gasteiger partial charge < -0.3 is 5.32 Å². The molecule has 2 heterocycles. The number of hydrogen-bond donors (Lipinski definition) is 1. The van der Waals surface area contributed by atoms with Crippen LogP contribution in [-0.2, 0) is 0 Å². The zero-order valence-electron chi connectivity index (χ0n) is 10.7. The Bertz CT molecular complexity index is 702. The molecule has 0 atom stereocenters. The van der Waals surface area contributed by atoms with E-state index in [2.05, 4.69) is 72.4 Å². The van der Waals surface area contributed by atoms with E-state index in [4.69, 9.17) is 0 Å². The minimum Gasteiger partial charge on any atom is -0.383 e. The van der Waals surface area contributed by atoms with E-state index in [0.29, 0.717) is 6.04 Å². The van der Waals surface area contributed by atoms with Crippen LogP contribution in [0.1, 0.15) is 13.8 Å². The molecule has 3 rings (SSSR count). The number of rotatable bonds is 2. The fraction of sp³-hybridized carbons (Fsp3) is 0.188. The zero-order chi connectivity index (χ0) is 12.5. The second-order valence-corrected chi connectivity index (χ2v) is 4.95. The van der Waals surface area contributed by atoms with Crippen molar-refractivity contribution < 1.29 is 4.40 Å². The largest absolute Gasteiger partial charge is 0.383 e. The van der Waals surface area contributed by atoms with Gasteiger partial charge in [0.1, 0.15) is 0 Å². The van der Waals surface area contributed by atoms with Crippen LogP contribution in [0.5, 0.6) is 0 Å². The SMILES string of the molecule is CC(C)Nc1ccc2c[n+]3ccccc3cc2c1. The molecule has 1 N–H and O–H groups in total. The molecule has 0 saturated carbocycles. The Morgan fingerprint density at radius 3 is 2.72 bits per heavy atom. The molecule has 2 heteroatoms. The van der Waals surface area contributed by atoms with E-state index >= 15 is 0 Å². The van der Waals surface area contributed by atoms with Crippen LogP contribution in [0.2, 0.25) is 0 Å². The van der Waals surface area contributed by atoms with Crippen LogP contribution in [0.3, 0.4) is 0 Å². The molecule has 90 valence electrons. The highest BCUT2D eigenvalue weighted by Crippen LogP contribution is 2.19. The van der Waals surface area contributed by atoms with Gasteiger partial charge in [-0.25, -0.2) is 0 Å². The Kier molecular flexibility index (Phi) is 2.63. The summed E-state index contributed by atoms with van der Waals surface area (Å²) in [6, 6.07) is 15.4. The van der Waals surface area contributed by atoms with Crippen molar-refractivity contribution in [1.82, 2.24) is 0 Å². The standard InChI is InChI=1S/C16H16N2/c1-12(2)17-15-7-6-13-11-18-8-4-3-5-16(18)10-14(13)9-15/h3-12H,1-2H3/p+1. The van der Waals surface area contributed by atoms with E-state index in [1.807, 2.05) is 6.07 Å². The molecular weight excluding hydrogens is 220 g/mol. The van der Waals surface area contributed by atoms with E-state index in [1.165, 1.54) is 22.0 Å². The fourth-order valence-corrected chi connectivity index (χ4v) is 2.26. The number of anilines is 1. The third-order valence-corrected chi connectivity index (χ3v) is 3.05. The summed E-state index contributed by atoms with van der Waals surface area (Å²) in [5.74, 6) is 0. The van der Waals surface area contributed by atoms with Crippen LogP contribution < -0.4 is 9.72 Å². The monoisotopic (exact) mass is 237 g/mol. The van der Waals surface area contributed by atoms with Crippen molar-refractivity contribution in [1.29, 1.82) is 0 Å². The molecule has 2 nitrogen and oxygen atoms in total. The minimum absolute atomic E-state index is 0.456. The van der Waals surface area contributed by atoms with E-state index < -0.39 is 0 Å². The van der Waals surface area contributed by atoms with E-state index in [-0.39, 0.29) is 0 Å². The molecule has 0 saturated heterocycles. The van der Waals surface area contributed by atoms with Gasteiger partial charge in [-0.2, -0.15) is 4.40 Å². The van der Waals surface area contributed by atoms with Gasteiger partial charge in [0.2, 0.25) is 5.52 Å². The Balaban J connectivity index is 2.18. The lowest BCUT2D eigenvalue weighted by Crippen LogP contribution is -2.19. The fourth-order valence-electron chi connectivity index (χ4n) is 2.26. The molecule has 3 aromatic rings. The number of hydrogen-bond acceptors (Lipinski definition) is 1. The highest BCUT2D eigenvalue weighted by Gasteiger charge is 2.05. The first kappa shape index (κ1) is 11.0. The third-order valence-electron chi connectivity index (χ3n) is 3.05. The molecule has 18 heavy (non-hydrogen) atoms. The normalized spacial score (nSPS) is 11.3. The highest BCUT2D eigenvalue weighted by molar-refractivity contribution is 5.86. The summed E-state index contributed by atoms with van der Waals surface area (Å²) in [5, 5.41) is 5.97. The van der Waals surface area contributed by atoms with Crippen molar-refractivity contribution >= 4 is 22.0 Å². The number of fused-ring (bicyclic) bond motifs is 2. The Morgan fingerprint density at radius 2 is 1.89 bits per heavy atom. The van der Waals surface area contributed by atoms with Crippen molar-refractivity contribution in [2.24, 2.45) is 0 Å². The molecule has 0 aliphatic heterocycles. The average molecular weight is 237 g/mol. The van der Waals surface area contributed by atoms with Gasteiger partial charge in [0.25, 0.3) is 0 Å². The Hall–Kier alpha value is -2.09. The van der Waals surface area contributed by atoms with Gasteiger partial charge in [-0.15, -0.1) is 0 Å². The first-order valence-electron chi connectivity index (χ1n) is 6.33. The van der Waals surface area contributed by atoms with Crippen LogP contribution >= 0.6 is 0 Å². The van der Waals surface area contributed by atoms with Crippen LogP contribution in [0.15, 0.2) is 54.9 Å². The summed E-state index contributed by atoms with van der Waals surface area (Å²) < 4.78 is 2.15. The maximum Gasteiger partial charge on any atom is 0.211 e. The topological polar surface area (TPSA) is 16.1 Å². The summed E-state index contributed by atoms with van der Waals surface area (Å²) in [4.78, 5) is 0. The summed E-state index contributed by atoms with van der Waals surface area (Å²) in [6.45, 7) is 4.31. The molecular formula is C16H17N2+. The number of aromatic nitrogens is 1. The number of pyridine rings is 2. The van der Waals surface area contributed by atoms with Gasteiger partial charge in [0.05, 0.1) is 0 Å². The van der Waals surface area contributed by atoms with Crippen LogP contribution in [0.4, 0.5) is 5.69 Å². The lowest BCUT2D eigenvalue weighted by atomic mass is 10.1. The molecule has 0 spiro atoms. The second kappa shape index (κ2) is 4.30. The highest BCUT2D eigenvalue weighted by atomic mass is 14.9. The number of benzene rings is 1. The predicted molar refractivity (Wildman–Crippen MR) is 75.9 cm³/mol. The van der Waals surface area contributed by atoms with Crippen molar-refractivity contribution in [3.05, 3.63) is 54.9 Å². The lowest BCUT2D eigenvalue weighted by molar-refractivity contribution is -0.510. The molecule has 0 unspecified atom stereocenters. The number of nitrogens with zero attached hydrogens (tertiary/aromatic N) is 1. The summed E-state index contributed by atoms with van der Waals surface area (Å²) in [7, 11) is 0. The van der Waals surface area contributed by atoms with Crippen molar-refractivity contribution in [3.8, 4) is 0 Å². The maximum absolute atomic E-state index is 3.44. The zero-order valence-corrected chi connectivity index (χ0v) is 10.7. The quantitative estimate of drug-likeness (QED) is 0.533. The molecule has 0 fully saturated rings. The third kappa shape index (κ3) is 2.02. The first-order valence-corrected chi connectivity index (χ1v) is 6.33. The molecule has 0 amide bonds. The van der Waals surface area contributed by atoms with E-state index in [9.17, 15) is 0 Å². The Labute approximate surface area is 107 Å². The second-order valence-electron chi connectivity index (χ2n) is 4.95. The maximum atomic E-state index is 3.44. The van der Waals surface area contributed by atoms with Gasteiger partial charge in [0.15, 0.2) is 12.4 Å². The molecule has 0 aliphatic carbocycles. The molecule has 0 aliphatic rings. The van der Waals surface area contributed by atoms with E-state index in [1.54, 1.807) is 0 Å². The van der Waals surface area contributed by atoms with Gasteiger partial charge in [-0.3, -0.25) is 0 Å². The first-order chi connectivity index (χ1) is 8.72. The molecule has 0 bridgehead atoms. The van der Waals surface area contributed by atoms with Crippen molar-refractivity contribution in [2.45, 2.75) is 19.9 Å². The van der Waals surface area contributed by atoms with E-state index in [0.717, 1.165) is 0 Å². The molecule has 2 aromatic heterocycles. The summed E-state index contributed by atoms with van der Waals surface area (Å²) >= 11 is 0. The predicted octanol–water partition coefficient (Wildman–Crippen LogP) is 3.40. The molecule has 1 aromatic carbocycles. The lowest BCUT2D eigenvalue weighted by Gasteiger charge is -2.10.